The van der Waals surface area contributed by atoms with E-state index in [1.165, 1.54) is 23.1 Å². The van der Waals surface area contributed by atoms with Crippen molar-refractivity contribution in [3.63, 3.8) is 0 Å². The topological polar surface area (TPSA) is 94.6 Å². The van der Waals surface area contributed by atoms with E-state index in [2.05, 4.69) is 0 Å². The molecule has 2 amide bonds. The van der Waals surface area contributed by atoms with Gasteiger partial charge in [-0.05, 0) is 24.6 Å². The Bertz CT molecular complexity index is 917. The molecule has 3 rings (SSSR count). The third-order valence-corrected chi connectivity index (χ3v) is 4.85. The molecule has 0 radical (unpaired) electrons. The van der Waals surface area contributed by atoms with E-state index in [4.69, 9.17) is 0 Å². The Balaban J connectivity index is 0.00000208. The van der Waals surface area contributed by atoms with Gasteiger partial charge in [0.25, 0.3) is 11.8 Å². The van der Waals surface area contributed by atoms with Crippen LogP contribution in [0.1, 0.15) is 40.5 Å². The van der Waals surface area contributed by atoms with Crippen LogP contribution in [-0.2, 0) is 10.1 Å². The van der Waals surface area contributed by atoms with Gasteiger partial charge in [-0.2, -0.15) is 0 Å². The normalized spacial score (nSPS) is 14.0. The summed E-state index contributed by atoms with van der Waals surface area (Å²) >= 11 is 0. The van der Waals surface area contributed by atoms with Crippen molar-refractivity contribution in [2.45, 2.75) is 24.7 Å². The maximum Gasteiger partial charge on any atom is 1.00 e. The van der Waals surface area contributed by atoms with Crippen molar-refractivity contribution >= 4 is 32.7 Å². The number of amides is 2. The Morgan fingerprint density at radius 1 is 1.04 bits per heavy atom. The second kappa shape index (κ2) is 7.33. The number of carbonyl (C=O) groups excluding carboxylic acids is 2. The van der Waals surface area contributed by atoms with Crippen molar-refractivity contribution in [1.29, 1.82) is 0 Å². The summed E-state index contributed by atoms with van der Waals surface area (Å²) in [6.07, 6.45) is 1.53. The number of hydrogen-bond donors (Lipinski definition) is 0. The van der Waals surface area contributed by atoms with E-state index in [1.54, 1.807) is 6.07 Å². The molecule has 0 bridgehead atoms. The number of benzene rings is 2. The van der Waals surface area contributed by atoms with Crippen LogP contribution >= 0.6 is 0 Å². The molecule has 0 N–H and O–H groups in total. The maximum absolute atomic E-state index is 12.6. The van der Waals surface area contributed by atoms with Crippen molar-refractivity contribution in [2.75, 3.05) is 6.54 Å². The molecule has 0 fully saturated rings. The van der Waals surface area contributed by atoms with Crippen molar-refractivity contribution in [1.82, 2.24) is 4.90 Å². The van der Waals surface area contributed by atoms with Gasteiger partial charge in [0.1, 0.15) is 10.1 Å². The van der Waals surface area contributed by atoms with Gasteiger partial charge in [-0.1, -0.05) is 25.5 Å². The van der Waals surface area contributed by atoms with E-state index in [0.29, 0.717) is 13.0 Å². The number of carbonyl (C=O) groups is 2. The zero-order valence-corrected chi connectivity index (χ0v) is 17.3. The van der Waals surface area contributed by atoms with Crippen LogP contribution in [0.15, 0.2) is 35.2 Å². The fourth-order valence-corrected chi connectivity index (χ4v) is 3.53. The zero-order chi connectivity index (χ0) is 16.8. The Labute approximate surface area is 182 Å². The summed E-state index contributed by atoms with van der Waals surface area (Å²) in [6, 6.07) is 6.94. The molecular weight excluding hydrogens is 357 g/mol. The summed E-state index contributed by atoms with van der Waals surface area (Å²) in [4.78, 5) is 25.9. The summed E-state index contributed by atoms with van der Waals surface area (Å²) in [7, 11) is -4.70. The van der Waals surface area contributed by atoms with E-state index in [1.807, 2.05) is 6.92 Å². The van der Waals surface area contributed by atoms with Crippen LogP contribution in [0.2, 0.25) is 0 Å². The Hall–Kier alpha value is -0.614. The molecule has 0 saturated heterocycles. The van der Waals surface area contributed by atoms with Crippen LogP contribution in [0.4, 0.5) is 0 Å². The first-order valence-corrected chi connectivity index (χ1v) is 8.65. The number of unbranched alkanes of at least 4 members (excludes halogenated alkanes) is 1. The van der Waals surface area contributed by atoms with Crippen LogP contribution in [0.3, 0.4) is 0 Å². The molecule has 0 saturated carbocycles. The minimum Gasteiger partial charge on any atom is -0.744 e. The zero-order valence-electron chi connectivity index (χ0n) is 13.4. The number of hydrogen-bond acceptors (Lipinski definition) is 5. The van der Waals surface area contributed by atoms with Gasteiger partial charge in [0.05, 0.1) is 4.90 Å². The second-order valence-corrected chi connectivity index (χ2v) is 6.76. The molecule has 1 heterocycles. The fraction of sp³-hybridized carbons (Fsp3) is 0.250. The summed E-state index contributed by atoms with van der Waals surface area (Å²) in [5.41, 5.74) is 0.498. The van der Waals surface area contributed by atoms with Crippen LogP contribution < -0.4 is 51.4 Å². The first kappa shape index (κ1) is 19.7. The molecule has 0 unspecified atom stereocenters. The Morgan fingerprint density at radius 3 is 2.25 bits per heavy atom. The first-order valence-electron chi connectivity index (χ1n) is 7.24. The minimum absolute atomic E-state index is 0. The predicted molar refractivity (Wildman–Crippen MR) is 82.2 cm³/mol. The van der Waals surface area contributed by atoms with E-state index >= 15 is 0 Å². The molecule has 0 aliphatic carbocycles. The van der Waals surface area contributed by atoms with Gasteiger partial charge in [0.15, 0.2) is 0 Å². The van der Waals surface area contributed by atoms with Crippen molar-refractivity contribution in [3.8, 4) is 0 Å². The summed E-state index contributed by atoms with van der Waals surface area (Å²) < 4.78 is 34.2. The summed E-state index contributed by atoms with van der Waals surface area (Å²) in [5.74, 6) is -0.913. The van der Waals surface area contributed by atoms with Crippen molar-refractivity contribution in [2.24, 2.45) is 0 Å². The van der Waals surface area contributed by atoms with Gasteiger partial charge in [-0.3, -0.25) is 14.5 Å². The molecule has 8 heteroatoms. The van der Waals surface area contributed by atoms with Crippen molar-refractivity contribution < 1.29 is 73.9 Å². The molecular formula is C16H14KNO5S. The Morgan fingerprint density at radius 2 is 1.67 bits per heavy atom. The molecule has 0 spiro atoms. The minimum atomic E-state index is -4.70. The van der Waals surface area contributed by atoms with Gasteiger partial charge >= 0.3 is 51.4 Å². The average molecular weight is 371 g/mol. The van der Waals surface area contributed by atoms with E-state index in [0.717, 1.165) is 12.5 Å². The average Bonchev–Trinajstić information content (AvgIpc) is 2.51. The van der Waals surface area contributed by atoms with E-state index in [-0.39, 0.29) is 73.3 Å². The van der Waals surface area contributed by atoms with Crippen LogP contribution in [0, 0.1) is 0 Å². The van der Waals surface area contributed by atoms with Gasteiger partial charge in [-0.15, -0.1) is 0 Å². The third-order valence-electron chi connectivity index (χ3n) is 3.96. The summed E-state index contributed by atoms with van der Waals surface area (Å²) in [5, 5.41) is 0.360. The van der Waals surface area contributed by atoms with Gasteiger partial charge in [0, 0.05) is 28.4 Å². The number of nitrogens with zero attached hydrogens (tertiary/aromatic N) is 1. The number of rotatable bonds is 4. The third kappa shape index (κ3) is 3.24. The molecule has 6 nitrogen and oxygen atoms in total. The van der Waals surface area contributed by atoms with E-state index in [9.17, 15) is 22.6 Å². The molecule has 0 atom stereocenters. The second-order valence-electron chi connectivity index (χ2n) is 5.41. The quantitative estimate of drug-likeness (QED) is 0.396. The predicted octanol–water partition coefficient (Wildman–Crippen LogP) is -0.856. The standard InChI is InChI=1S/C16H15NO5S.K/c1-2-3-9-17-15(18)11-6-4-5-10-13(23(20,21)22)8-7-12(14(10)11)16(17)19;/h4-8H,2-3,9H2,1H3,(H,20,21,22);/q;+1/p-1. The monoisotopic (exact) mass is 371 g/mol. The molecule has 24 heavy (non-hydrogen) atoms. The molecule has 1 aliphatic heterocycles. The molecule has 2 aromatic rings. The molecule has 120 valence electrons. The Kier molecular flexibility index (Phi) is 6.02. The van der Waals surface area contributed by atoms with E-state index < -0.39 is 26.8 Å². The van der Waals surface area contributed by atoms with Crippen LogP contribution in [0.5, 0.6) is 0 Å². The molecule has 1 aliphatic rings. The summed E-state index contributed by atoms with van der Waals surface area (Å²) in [6.45, 7) is 2.27. The van der Waals surface area contributed by atoms with Gasteiger partial charge in [0.2, 0.25) is 0 Å². The fourth-order valence-electron chi connectivity index (χ4n) is 2.86. The van der Waals surface area contributed by atoms with Gasteiger partial charge in [-0.25, -0.2) is 8.42 Å². The molecule has 2 aromatic carbocycles. The van der Waals surface area contributed by atoms with Crippen LogP contribution in [-0.4, -0.2) is 36.2 Å². The smallest absolute Gasteiger partial charge is 0.744 e. The first-order chi connectivity index (χ1) is 10.9. The largest absolute Gasteiger partial charge is 1.00 e. The van der Waals surface area contributed by atoms with Gasteiger partial charge < -0.3 is 4.55 Å². The SMILES string of the molecule is CCCCN1C(=O)c2cccc3c(S(=O)(=O)[O-])ccc(c23)C1=O.[K+]. The maximum atomic E-state index is 12.6. The molecule has 0 aromatic heterocycles. The number of imide groups is 1. The van der Waals surface area contributed by atoms with Crippen LogP contribution in [0.25, 0.3) is 10.8 Å². The van der Waals surface area contributed by atoms with Crippen molar-refractivity contribution in [3.05, 3.63) is 41.5 Å².